The summed E-state index contributed by atoms with van der Waals surface area (Å²) in [6, 6.07) is 12.0. The lowest BCUT2D eigenvalue weighted by molar-refractivity contribution is -0.137. The molecule has 0 aliphatic carbocycles. The summed E-state index contributed by atoms with van der Waals surface area (Å²) in [5, 5.41) is 0. The van der Waals surface area contributed by atoms with Gasteiger partial charge in [-0.25, -0.2) is 0 Å². The molecular formula is C16H16F3NO. The standard InChI is InChI=1S/C16H16F3NO/c1-11(20)9-12-5-2-3-8-15(12)21-14-7-4-6-13(10-14)16(17,18)19/h2-8,10-11H,9,20H2,1H3. The van der Waals surface area contributed by atoms with E-state index in [1.165, 1.54) is 12.1 Å². The van der Waals surface area contributed by atoms with E-state index >= 15 is 0 Å². The second-order valence-corrected chi connectivity index (χ2v) is 4.92. The fourth-order valence-electron chi connectivity index (χ4n) is 1.98. The zero-order chi connectivity index (χ0) is 15.5. The Morgan fingerprint density at radius 1 is 1.10 bits per heavy atom. The minimum atomic E-state index is -4.38. The molecule has 0 radical (unpaired) electrons. The Kier molecular flexibility index (Phi) is 4.53. The van der Waals surface area contributed by atoms with Gasteiger partial charge in [-0.2, -0.15) is 13.2 Å². The fourth-order valence-corrected chi connectivity index (χ4v) is 1.98. The first kappa shape index (κ1) is 15.4. The number of alkyl halides is 3. The monoisotopic (exact) mass is 295 g/mol. The van der Waals surface area contributed by atoms with Crippen molar-refractivity contribution in [3.63, 3.8) is 0 Å². The lowest BCUT2D eigenvalue weighted by Crippen LogP contribution is -2.18. The SMILES string of the molecule is CC(N)Cc1ccccc1Oc1cccc(C(F)(F)F)c1. The summed E-state index contributed by atoms with van der Waals surface area (Å²) in [4.78, 5) is 0. The maximum atomic E-state index is 12.7. The van der Waals surface area contributed by atoms with Crippen LogP contribution in [0.4, 0.5) is 13.2 Å². The van der Waals surface area contributed by atoms with Gasteiger partial charge in [0.15, 0.2) is 0 Å². The van der Waals surface area contributed by atoms with Crippen molar-refractivity contribution in [2.24, 2.45) is 5.73 Å². The fraction of sp³-hybridized carbons (Fsp3) is 0.250. The summed E-state index contributed by atoms with van der Waals surface area (Å²) in [6.07, 6.45) is -3.79. The number of ether oxygens (including phenoxy) is 1. The molecule has 112 valence electrons. The first-order chi connectivity index (χ1) is 9.86. The van der Waals surface area contributed by atoms with Crippen LogP contribution in [0.15, 0.2) is 48.5 Å². The topological polar surface area (TPSA) is 35.2 Å². The molecule has 1 atom stereocenters. The van der Waals surface area contributed by atoms with Crippen LogP contribution in [0.5, 0.6) is 11.5 Å². The normalized spacial score (nSPS) is 13.0. The quantitative estimate of drug-likeness (QED) is 0.908. The lowest BCUT2D eigenvalue weighted by Gasteiger charge is -2.14. The van der Waals surface area contributed by atoms with Crippen molar-refractivity contribution in [3.8, 4) is 11.5 Å². The molecule has 0 spiro atoms. The van der Waals surface area contributed by atoms with Crippen LogP contribution in [-0.4, -0.2) is 6.04 Å². The summed E-state index contributed by atoms with van der Waals surface area (Å²) < 4.78 is 43.6. The highest BCUT2D eigenvalue weighted by Gasteiger charge is 2.30. The average Bonchev–Trinajstić information content (AvgIpc) is 2.40. The maximum Gasteiger partial charge on any atom is 0.416 e. The van der Waals surface area contributed by atoms with Crippen molar-refractivity contribution in [1.82, 2.24) is 0 Å². The van der Waals surface area contributed by atoms with Crippen molar-refractivity contribution in [3.05, 3.63) is 59.7 Å². The largest absolute Gasteiger partial charge is 0.457 e. The molecule has 0 saturated carbocycles. The van der Waals surface area contributed by atoms with Gasteiger partial charge in [0.25, 0.3) is 0 Å². The molecule has 2 aromatic rings. The predicted molar refractivity (Wildman–Crippen MR) is 75.3 cm³/mol. The minimum Gasteiger partial charge on any atom is -0.457 e. The molecule has 0 fully saturated rings. The molecule has 0 aliphatic rings. The van der Waals surface area contributed by atoms with E-state index in [-0.39, 0.29) is 11.8 Å². The van der Waals surface area contributed by atoms with Gasteiger partial charge in [-0.3, -0.25) is 0 Å². The van der Waals surface area contributed by atoms with Gasteiger partial charge in [-0.15, -0.1) is 0 Å². The lowest BCUT2D eigenvalue weighted by atomic mass is 10.1. The summed E-state index contributed by atoms with van der Waals surface area (Å²) in [5.74, 6) is 0.677. The molecule has 1 unspecified atom stereocenters. The third-order valence-corrected chi connectivity index (χ3v) is 2.90. The van der Waals surface area contributed by atoms with Crippen LogP contribution in [0.1, 0.15) is 18.1 Å². The van der Waals surface area contributed by atoms with Crippen molar-refractivity contribution in [2.75, 3.05) is 0 Å². The third-order valence-electron chi connectivity index (χ3n) is 2.90. The van der Waals surface area contributed by atoms with E-state index < -0.39 is 11.7 Å². The van der Waals surface area contributed by atoms with Crippen LogP contribution >= 0.6 is 0 Å². The molecule has 2 N–H and O–H groups in total. The Bertz CT molecular complexity index is 608. The third kappa shape index (κ3) is 4.23. The molecule has 21 heavy (non-hydrogen) atoms. The van der Waals surface area contributed by atoms with Gasteiger partial charge in [0.1, 0.15) is 11.5 Å². The highest BCUT2D eigenvalue weighted by Crippen LogP contribution is 2.33. The molecular weight excluding hydrogens is 279 g/mol. The Morgan fingerprint density at radius 3 is 2.48 bits per heavy atom. The van der Waals surface area contributed by atoms with Gasteiger partial charge in [0.2, 0.25) is 0 Å². The molecule has 2 nitrogen and oxygen atoms in total. The predicted octanol–water partition coefficient (Wildman–Crippen LogP) is 4.39. The number of rotatable bonds is 4. The summed E-state index contributed by atoms with van der Waals surface area (Å²) >= 11 is 0. The van der Waals surface area contributed by atoms with Gasteiger partial charge in [-0.05, 0) is 43.2 Å². The van der Waals surface area contributed by atoms with E-state index in [2.05, 4.69) is 0 Å². The van der Waals surface area contributed by atoms with Crippen LogP contribution in [0.25, 0.3) is 0 Å². The highest BCUT2D eigenvalue weighted by molar-refractivity contribution is 5.39. The molecule has 0 amide bonds. The van der Waals surface area contributed by atoms with E-state index in [0.717, 1.165) is 17.7 Å². The van der Waals surface area contributed by atoms with Crippen LogP contribution in [0.3, 0.4) is 0 Å². The minimum absolute atomic E-state index is 0.0590. The zero-order valence-electron chi connectivity index (χ0n) is 11.5. The first-order valence-electron chi connectivity index (χ1n) is 6.55. The summed E-state index contributed by atoms with van der Waals surface area (Å²) in [6.45, 7) is 1.86. The highest BCUT2D eigenvalue weighted by atomic mass is 19.4. The molecule has 0 saturated heterocycles. The number of halogens is 3. The number of benzene rings is 2. The van der Waals surface area contributed by atoms with E-state index in [4.69, 9.17) is 10.5 Å². The van der Waals surface area contributed by atoms with Crippen molar-refractivity contribution >= 4 is 0 Å². The van der Waals surface area contributed by atoms with Crippen LogP contribution in [0, 0.1) is 0 Å². The molecule has 0 aliphatic heterocycles. The molecule has 2 rings (SSSR count). The van der Waals surface area contributed by atoms with Gasteiger partial charge >= 0.3 is 6.18 Å². The second kappa shape index (κ2) is 6.18. The summed E-state index contributed by atoms with van der Waals surface area (Å²) in [5.41, 5.74) is 5.90. The Balaban J connectivity index is 2.26. The van der Waals surface area contributed by atoms with Crippen LogP contribution in [0.2, 0.25) is 0 Å². The first-order valence-corrected chi connectivity index (χ1v) is 6.55. The van der Waals surface area contributed by atoms with E-state index in [1.54, 1.807) is 12.1 Å². The number of hydrogen-bond acceptors (Lipinski definition) is 2. The average molecular weight is 295 g/mol. The Morgan fingerprint density at radius 2 is 1.81 bits per heavy atom. The number of hydrogen-bond donors (Lipinski definition) is 1. The second-order valence-electron chi connectivity index (χ2n) is 4.92. The number of para-hydroxylation sites is 1. The van der Waals surface area contributed by atoms with Crippen LogP contribution in [-0.2, 0) is 12.6 Å². The van der Waals surface area contributed by atoms with Gasteiger partial charge in [0, 0.05) is 6.04 Å². The maximum absolute atomic E-state index is 12.7. The summed E-state index contributed by atoms with van der Waals surface area (Å²) in [7, 11) is 0. The molecule has 2 aromatic carbocycles. The van der Waals surface area contributed by atoms with E-state index in [0.29, 0.717) is 12.2 Å². The Hall–Kier alpha value is -2.01. The Labute approximate surface area is 121 Å². The van der Waals surface area contributed by atoms with Crippen molar-refractivity contribution in [2.45, 2.75) is 25.6 Å². The van der Waals surface area contributed by atoms with Gasteiger partial charge in [0.05, 0.1) is 5.56 Å². The molecule has 5 heteroatoms. The molecule has 0 heterocycles. The van der Waals surface area contributed by atoms with Crippen molar-refractivity contribution in [1.29, 1.82) is 0 Å². The van der Waals surface area contributed by atoms with E-state index in [1.807, 2.05) is 19.1 Å². The smallest absolute Gasteiger partial charge is 0.416 e. The molecule has 0 aromatic heterocycles. The van der Waals surface area contributed by atoms with Crippen molar-refractivity contribution < 1.29 is 17.9 Å². The van der Waals surface area contributed by atoms with Gasteiger partial charge in [-0.1, -0.05) is 24.3 Å². The molecule has 0 bridgehead atoms. The van der Waals surface area contributed by atoms with Crippen LogP contribution < -0.4 is 10.5 Å². The number of nitrogens with two attached hydrogens (primary N) is 1. The van der Waals surface area contributed by atoms with E-state index in [9.17, 15) is 13.2 Å². The van der Waals surface area contributed by atoms with Gasteiger partial charge < -0.3 is 10.5 Å². The zero-order valence-corrected chi connectivity index (χ0v) is 11.5.